The van der Waals surface area contributed by atoms with Crippen LogP contribution in [0.3, 0.4) is 0 Å². The molecule has 4 atom stereocenters. The second-order valence-electron chi connectivity index (χ2n) is 22.9. The van der Waals surface area contributed by atoms with Crippen LogP contribution in [0.1, 0.15) is 101 Å². The first kappa shape index (κ1) is 65.3. The van der Waals surface area contributed by atoms with Crippen LogP contribution in [-0.2, 0) is 32.0 Å². The highest BCUT2D eigenvalue weighted by Gasteiger charge is 2.35. The van der Waals surface area contributed by atoms with Crippen molar-refractivity contribution in [2.75, 3.05) is 62.5 Å². The second kappa shape index (κ2) is 31.7. The van der Waals surface area contributed by atoms with Crippen molar-refractivity contribution in [1.82, 2.24) is 55.0 Å². The molecule has 0 spiro atoms. The first-order chi connectivity index (χ1) is 41.9. The van der Waals surface area contributed by atoms with E-state index in [1.165, 1.54) is 23.7 Å². The van der Waals surface area contributed by atoms with Crippen LogP contribution >= 0.6 is 0 Å². The molecule has 2 saturated carbocycles. The summed E-state index contributed by atoms with van der Waals surface area (Å²) in [5.41, 5.74) is 16.0. The molecule has 6 heterocycles. The number of aryl methyl sites for hydroxylation is 2. The maximum atomic E-state index is 13.2. The van der Waals surface area contributed by atoms with Gasteiger partial charge in [-0.05, 0) is 154 Å². The van der Waals surface area contributed by atoms with E-state index >= 15 is 0 Å². The van der Waals surface area contributed by atoms with Crippen LogP contribution in [0.15, 0.2) is 140 Å². The van der Waals surface area contributed by atoms with Gasteiger partial charge in [-0.1, -0.05) is 62.4 Å². The van der Waals surface area contributed by atoms with E-state index in [-0.39, 0.29) is 35.5 Å². The van der Waals surface area contributed by atoms with E-state index in [1.807, 2.05) is 87.1 Å². The predicted molar refractivity (Wildman–Crippen MR) is 344 cm³/mol. The Labute approximate surface area is 509 Å². The third-order valence-corrected chi connectivity index (χ3v) is 14.9. The Hall–Kier alpha value is -9.27. The number of likely N-dealkylation sites (N-methyl/N-ethyl adjacent to an activating group) is 2. The molecule has 21 heteroatoms. The standard InChI is InChI=1S/C33H40N8O2.C21H27N5.C11H15N3O.CO2/c1-5-22-19-36-32(39-30(22)26-21-35-27-12-7-6-11-25(26)27)38-23-10-8-16-33(2,18-23)40-31(43)28-15-14-24(20-34-28)37-29(42)13-9-17-41(3)4;1-3-14-12-24-20(25-15-7-6-10-21(2,22)11-15)26-19(14)17-13-23-18-9-5-4-8-16(17)18;1-14(2)8-4-6-11(15)13-10-5-3-7-12-9-10;2-1-3/h6-7,9,11-15,19-21,23,35H,5,8,10,16-18H2,1-4H3,(H,37,42)(H,40,43)(H,36,38,39);4-5,8-9,12-13,15,23H,3,6-7,10-11,22H2,1-2H3,(H,24,25,26);3-7,9H,8H2,1-2H3,(H,13,15);/b13-9+;;6-4+;/t23-,33+;15-,21+;;/m11../s1. The molecule has 0 aliphatic heterocycles. The SMILES string of the molecule is CCc1cnc(N[C@@H]2CCC[C@](C)(N)C2)nc1-c1c[nH]c2ccccc12.CCc1cnc(N[C@@H]2CCC[C@](C)(NC(=O)c3ccc(NC(=O)/C=C/CN(C)C)cn3)C2)nc1-c1c[nH]c2ccccc12.CN(C)C/C=C/C(=O)Nc1cccnc1.O=C=O. The summed E-state index contributed by atoms with van der Waals surface area (Å²) in [7, 11) is 7.76. The molecule has 8 aromatic rings. The van der Waals surface area contributed by atoms with Crippen molar-refractivity contribution in [1.29, 1.82) is 0 Å². The van der Waals surface area contributed by atoms with Gasteiger partial charge in [0.1, 0.15) is 5.69 Å². The van der Waals surface area contributed by atoms with Gasteiger partial charge in [-0.2, -0.15) is 9.59 Å². The number of anilines is 4. The van der Waals surface area contributed by atoms with E-state index < -0.39 is 5.54 Å². The summed E-state index contributed by atoms with van der Waals surface area (Å²) in [6.45, 7) is 9.89. The fraction of sp³-hybridized carbons (Fsp3) is 0.364. The molecule has 3 amide bonds. The van der Waals surface area contributed by atoms with E-state index in [0.717, 1.165) is 121 Å². The van der Waals surface area contributed by atoms with Gasteiger partial charge >= 0.3 is 6.15 Å². The van der Waals surface area contributed by atoms with Crippen molar-refractivity contribution >= 4 is 69.0 Å². The van der Waals surface area contributed by atoms with Crippen LogP contribution in [0.5, 0.6) is 0 Å². The monoisotopic (exact) mass is 1180 g/mol. The van der Waals surface area contributed by atoms with Crippen LogP contribution in [0.4, 0.5) is 23.3 Å². The summed E-state index contributed by atoms with van der Waals surface area (Å²) in [5, 5.41) is 18.1. The molecule has 0 unspecified atom stereocenters. The van der Waals surface area contributed by atoms with Gasteiger partial charge < -0.3 is 52.1 Å². The number of nitrogens with one attached hydrogen (secondary N) is 7. The number of carbonyl (C=O) groups excluding carboxylic acids is 5. The quantitative estimate of drug-likeness (QED) is 0.0371. The number of para-hydroxylation sites is 2. The number of hydrogen-bond acceptors (Lipinski definition) is 16. The first-order valence-corrected chi connectivity index (χ1v) is 29.5. The lowest BCUT2D eigenvalue weighted by Crippen LogP contribution is -2.51. The molecule has 21 nitrogen and oxygen atoms in total. The maximum absolute atomic E-state index is 13.2. The lowest BCUT2D eigenvalue weighted by Gasteiger charge is -2.39. The topological polar surface area (TPSA) is 287 Å². The zero-order valence-electron chi connectivity index (χ0n) is 51.1. The Bertz CT molecular complexity index is 3630. The highest BCUT2D eigenvalue weighted by Crippen LogP contribution is 2.35. The molecule has 0 radical (unpaired) electrons. The number of H-pyrrole nitrogens is 2. The van der Waals surface area contributed by atoms with Gasteiger partial charge in [0.15, 0.2) is 0 Å². The lowest BCUT2D eigenvalue weighted by atomic mass is 9.80. The van der Waals surface area contributed by atoms with Crippen molar-refractivity contribution in [2.45, 2.75) is 115 Å². The van der Waals surface area contributed by atoms with E-state index in [9.17, 15) is 14.4 Å². The summed E-state index contributed by atoms with van der Waals surface area (Å²) in [4.78, 5) is 90.8. The molecule has 10 rings (SSSR count). The molecular weight excluding hydrogens is 1100 g/mol. The number of benzene rings is 2. The number of nitrogens with two attached hydrogens (primary N) is 1. The van der Waals surface area contributed by atoms with Crippen molar-refractivity contribution < 1.29 is 24.0 Å². The summed E-state index contributed by atoms with van der Waals surface area (Å²) < 4.78 is 0. The molecule has 2 aromatic carbocycles. The van der Waals surface area contributed by atoms with Crippen LogP contribution in [0, 0.1) is 0 Å². The molecule has 9 N–H and O–H groups in total. The van der Waals surface area contributed by atoms with Gasteiger partial charge in [0.2, 0.25) is 23.7 Å². The Kier molecular flexibility index (Phi) is 23.8. The first-order valence-electron chi connectivity index (χ1n) is 29.5. The number of amides is 3. The van der Waals surface area contributed by atoms with E-state index in [2.05, 4.69) is 115 Å². The minimum atomic E-state index is -0.415. The molecule has 2 aliphatic carbocycles. The largest absolute Gasteiger partial charge is 0.373 e. The number of carbonyl (C=O) groups is 3. The molecular formula is C66H82N16O5. The summed E-state index contributed by atoms with van der Waals surface area (Å²) in [6.07, 6.45) is 29.1. The third kappa shape index (κ3) is 19.6. The fourth-order valence-electron chi connectivity index (χ4n) is 10.7. The van der Waals surface area contributed by atoms with Crippen molar-refractivity contribution in [3.63, 3.8) is 0 Å². The Balaban J connectivity index is 0.000000206. The van der Waals surface area contributed by atoms with Crippen LogP contribution in [0.2, 0.25) is 0 Å². The second-order valence-corrected chi connectivity index (χ2v) is 22.9. The van der Waals surface area contributed by atoms with Gasteiger partial charge in [-0.25, -0.2) is 24.9 Å². The van der Waals surface area contributed by atoms with Crippen LogP contribution < -0.4 is 32.3 Å². The molecule has 87 heavy (non-hydrogen) atoms. The molecule has 2 aliphatic rings. The Morgan fingerprint density at radius 3 is 1.63 bits per heavy atom. The number of aromatic amines is 2. The molecule has 0 saturated heterocycles. The highest BCUT2D eigenvalue weighted by atomic mass is 16.2. The minimum Gasteiger partial charge on any atom is -0.360 e. The van der Waals surface area contributed by atoms with E-state index in [0.29, 0.717) is 41.6 Å². The van der Waals surface area contributed by atoms with Gasteiger partial charge in [-0.3, -0.25) is 19.4 Å². The Morgan fingerprint density at radius 2 is 1.16 bits per heavy atom. The smallest absolute Gasteiger partial charge is 0.360 e. The van der Waals surface area contributed by atoms with Crippen molar-refractivity contribution in [2.24, 2.45) is 5.73 Å². The van der Waals surface area contributed by atoms with Gasteiger partial charge in [0.25, 0.3) is 5.91 Å². The number of hydrogen-bond donors (Lipinski definition) is 8. The molecule has 6 aromatic heterocycles. The lowest BCUT2D eigenvalue weighted by molar-refractivity contribution is -0.191. The van der Waals surface area contributed by atoms with Crippen LogP contribution in [-0.4, -0.2) is 138 Å². The predicted octanol–water partition coefficient (Wildman–Crippen LogP) is 10.00. The number of nitrogens with zero attached hydrogens (tertiary/aromatic N) is 8. The summed E-state index contributed by atoms with van der Waals surface area (Å²) in [6, 6.07) is 23.9. The van der Waals surface area contributed by atoms with E-state index in [4.69, 9.17) is 25.3 Å². The maximum Gasteiger partial charge on any atom is 0.373 e. The fourth-order valence-corrected chi connectivity index (χ4v) is 10.7. The third-order valence-electron chi connectivity index (χ3n) is 14.9. The number of fused-ring (bicyclic) bond motifs is 2. The minimum absolute atomic E-state index is 0.0983. The van der Waals surface area contributed by atoms with Crippen molar-refractivity contribution in [3.05, 3.63) is 157 Å². The number of rotatable bonds is 18. The average Bonchev–Trinajstić information content (AvgIpc) is 1.98. The zero-order valence-corrected chi connectivity index (χ0v) is 51.1. The highest BCUT2D eigenvalue weighted by molar-refractivity contribution is 6.00. The summed E-state index contributed by atoms with van der Waals surface area (Å²) >= 11 is 0. The van der Waals surface area contributed by atoms with Crippen molar-refractivity contribution in [3.8, 4) is 22.5 Å². The number of aromatic nitrogens is 8. The molecule has 456 valence electrons. The van der Waals surface area contributed by atoms with E-state index in [1.54, 1.807) is 42.7 Å². The Morgan fingerprint density at radius 1 is 0.655 bits per heavy atom. The normalized spacial score (nSPS) is 18.1. The zero-order chi connectivity index (χ0) is 62.3. The summed E-state index contributed by atoms with van der Waals surface area (Å²) in [5.74, 6) is 0.678. The van der Waals surface area contributed by atoms with Crippen LogP contribution in [0.25, 0.3) is 44.3 Å². The number of pyridine rings is 2. The van der Waals surface area contributed by atoms with Gasteiger partial charge in [0, 0.05) is 112 Å². The van der Waals surface area contributed by atoms with Gasteiger partial charge in [0.05, 0.1) is 35.2 Å². The van der Waals surface area contributed by atoms with Gasteiger partial charge in [-0.15, -0.1) is 0 Å². The molecule has 0 bridgehead atoms. The average molecular weight is 1180 g/mol. The molecule has 2 fully saturated rings.